The predicted molar refractivity (Wildman–Crippen MR) is 120 cm³/mol. The molecule has 1 saturated heterocycles. The second-order valence-electron chi connectivity index (χ2n) is 6.79. The number of pyridine rings is 1. The lowest BCUT2D eigenvalue weighted by Crippen LogP contribution is -2.42. The molecule has 0 saturated carbocycles. The van der Waals surface area contributed by atoms with Crippen LogP contribution in [0.25, 0.3) is 29.0 Å². The molecule has 1 N–H and O–H groups in total. The van der Waals surface area contributed by atoms with Crippen molar-refractivity contribution in [2.75, 3.05) is 26.2 Å². The first kappa shape index (κ1) is 18.8. The van der Waals surface area contributed by atoms with Crippen LogP contribution in [0.15, 0.2) is 66.8 Å². The summed E-state index contributed by atoms with van der Waals surface area (Å²) in [5, 5.41) is 3.37. The van der Waals surface area contributed by atoms with Gasteiger partial charge in [-0.05, 0) is 42.6 Å². The molecule has 0 amide bonds. The largest absolute Gasteiger partial charge is 0.369 e. The van der Waals surface area contributed by atoms with Crippen molar-refractivity contribution in [3.8, 4) is 17.2 Å². The lowest BCUT2D eigenvalue weighted by molar-refractivity contribution is 0.341. The zero-order valence-electron chi connectivity index (χ0n) is 16.4. The van der Waals surface area contributed by atoms with E-state index in [4.69, 9.17) is 4.98 Å². The van der Waals surface area contributed by atoms with E-state index in [0.717, 1.165) is 48.8 Å². The van der Waals surface area contributed by atoms with Gasteiger partial charge in [0.1, 0.15) is 11.4 Å². The number of aliphatic imine (C=N–C) groups is 1. The van der Waals surface area contributed by atoms with Gasteiger partial charge in [0.15, 0.2) is 11.6 Å². The van der Waals surface area contributed by atoms with Crippen LogP contribution in [0.4, 0.5) is 5.82 Å². The Balaban J connectivity index is 1.74. The van der Waals surface area contributed by atoms with E-state index in [0.29, 0.717) is 17.3 Å². The minimum absolute atomic E-state index is 0.648. The number of piperazine rings is 1. The molecule has 1 fully saturated rings. The number of nitrogens with zero attached hydrogens (tertiary/aromatic N) is 5. The van der Waals surface area contributed by atoms with Gasteiger partial charge in [0.2, 0.25) is 0 Å². The van der Waals surface area contributed by atoms with Crippen LogP contribution >= 0.6 is 0 Å². The monoisotopic (exact) mass is 384 g/mol. The second kappa shape index (κ2) is 8.24. The fraction of sp³-hybridized carbons (Fsp3) is 0.174. The molecule has 0 radical (unpaired) electrons. The molecule has 146 valence electrons. The average molecular weight is 384 g/mol. The number of imidazole rings is 1. The molecule has 1 aromatic carbocycles. The van der Waals surface area contributed by atoms with Crippen molar-refractivity contribution in [1.29, 1.82) is 0 Å². The van der Waals surface area contributed by atoms with Crippen LogP contribution in [0, 0.1) is 0 Å². The Morgan fingerprint density at radius 1 is 1.10 bits per heavy atom. The minimum atomic E-state index is 0.648. The van der Waals surface area contributed by atoms with Gasteiger partial charge in [0.05, 0.1) is 0 Å². The number of aromatic nitrogens is 3. The Kier molecular flexibility index (Phi) is 5.35. The molecule has 1 aliphatic rings. The summed E-state index contributed by atoms with van der Waals surface area (Å²) < 4.78 is 1.96. The molecule has 4 rings (SSSR count). The Morgan fingerprint density at radius 3 is 2.48 bits per heavy atom. The lowest BCUT2D eigenvalue weighted by Gasteiger charge is -2.31. The van der Waals surface area contributed by atoms with Crippen molar-refractivity contribution in [2.45, 2.75) is 0 Å². The molecule has 0 aliphatic carbocycles. The minimum Gasteiger partial charge on any atom is -0.369 e. The third-order valence-electron chi connectivity index (χ3n) is 5.07. The van der Waals surface area contributed by atoms with Crippen molar-refractivity contribution in [3.05, 3.63) is 73.1 Å². The van der Waals surface area contributed by atoms with E-state index in [1.807, 2.05) is 22.8 Å². The first-order valence-electron chi connectivity index (χ1n) is 9.61. The van der Waals surface area contributed by atoms with Crippen molar-refractivity contribution in [3.63, 3.8) is 0 Å². The number of hydrogen-bond donors (Lipinski definition) is 1. The van der Waals surface area contributed by atoms with Crippen LogP contribution in [0.2, 0.25) is 0 Å². The highest BCUT2D eigenvalue weighted by molar-refractivity contribution is 5.70. The van der Waals surface area contributed by atoms with E-state index in [1.54, 1.807) is 12.3 Å². The zero-order valence-corrected chi connectivity index (χ0v) is 16.4. The van der Waals surface area contributed by atoms with Gasteiger partial charge in [-0.15, -0.1) is 0 Å². The molecule has 6 heteroatoms. The van der Waals surface area contributed by atoms with Crippen molar-refractivity contribution >= 4 is 24.3 Å². The van der Waals surface area contributed by atoms with Gasteiger partial charge >= 0.3 is 0 Å². The summed E-state index contributed by atoms with van der Waals surface area (Å²) in [5.41, 5.74) is 4.52. The van der Waals surface area contributed by atoms with Gasteiger partial charge in [-0.2, -0.15) is 0 Å². The fourth-order valence-corrected chi connectivity index (χ4v) is 3.55. The van der Waals surface area contributed by atoms with Gasteiger partial charge in [-0.3, -0.25) is 9.55 Å². The Labute approximate surface area is 171 Å². The van der Waals surface area contributed by atoms with Crippen LogP contribution in [-0.4, -0.2) is 52.3 Å². The third kappa shape index (κ3) is 3.62. The van der Waals surface area contributed by atoms with Crippen LogP contribution in [0.1, 0.15) is 11.3 Å². The SMILES string of the molecule is C=Cc1nc(-c2ccccn2)n(-c2ccc(C(=C)N3CCNCC3)cc2)c1N=C. The quantitative estimate of drug-likeness (QED) is 0.657. The van der Waals surface area contributed by atoms with Crippen LogP contribution < -0.4 is 5.32 Å². The molecule has 29 heavy (non-hydrogen) atoms. The maximum Gasteiger partial charge on any atom is 0.165 e. The van der Waals surface area contributed by atoms with E-state index in [1.165, 1.54) is 0 Å². The van der Waals surface area contributed by atoms with Crippen LogP contribution in [0.3, 0.4) is 0 Å². The molecule has 2 aromatic heterocycles. The highest BCUT2D eigenvalue weighted by Crippen LogP contribution is 2.32. The summed E-state index contributed by atoms with van der Waals surface area (Å²) in [5.74, 6) is 1.35. The van der Waals surface area contributed by atoms with Gasteiger partial charge in [-0.1, -0.05) is 31.4 Å². The molecular formula is C23H24N6. The van der Waals surface area contributed by atoms with E-state index in [9.17, 15) is 0 Å². The van der Waals surface area contributed by atoms with E-state index in [2.05, 4.69) is 64.3 Å². The number of nitrogens with one attached hydrogen (secondary N) is 1. The normalized spacial score (nSPS) is 13.9. The molecule has 0 unspecified atom stereocenters. The number of rotatable bonds is 6. The summed E-state index contributed by atoms with van der Waals surface area (Å²) in [4.78, 5) is 15.7. The Bertz CT molecular complexity index is 1030. The first-order chi connectivity index (χ1) is 14.2. The van der Waals surface area contributed by atoms with E-state index < -0.39 is 0 Å². The molecule has 6 nitrogen and oxygen atoms in total. The molecule has 3 heterocycles. The van der Waals surface area contributed by atoms with Gasteiger partial charge in [0, 0.05) is 43.8 Å². The number of hydrogen-bond acceptors (Lipinski definition) is 5. The van der Waals surface area contributed by atoms with Crippen LogP contribution in [-0.2, 0) is 0 Å². The van der Waals surface area contributed by atoms with Crippen molar-refractivity contribution in [1.82, 2.24) is 24.8 Å². The fourth-order valence-electron chi connectivity index (χ4n) is 3.55. The summed E-state index contributed by atoms with van der Waals surface area (Å²) in [6, 6.07) is 14.0. The molecular weight excluding hydrogens is 360 g/mol. The van der Waals surface area contributed by atoms with Crippen molar-refractivity contribution in [2.24, 2.45) is 4.99 Å². The summed E-state index contributed by atoms with van der Waals surface area (Å²) in [6.45, 7) is 15.8. The zero-order chi connectivity index (χ0) is 20.2. The predicted octanol–water partition coefficient (Wildman–Crippen LogP) is 3.79. The van der Waals surface area contributed by atoms with Crippen molar-refractivity contribution < 1.29 is 0 Å². The Morgan fingerprint density at radius 2 is 1.86 bits per heavy atom. The topological polar surface area (TPSA) is 58.3 Å². The maximum absolute atomic E-state index is 4.69. The molecule has 3 aromatic rings. The lowest BCUT2D eigenvalue weighted by atomic mass is 10.1. The summed E-state index contributed by atoms with van der Waals surface area (Å²) in [6.07, 6.45) is 3.44. The average Bonchev–Trinajstić information content (AvgIpc) is 3.18. The highest BCUT2D eigenvalue weighted by Gasteiger charge is 2.19. The maximum atomic E-state index is 4.69. The summed E-state index contributed by atoms with van der Waals surface area (Å²) >= 11 is 0. The second-order valence-corrected chi connectivity index (χ2v) is 6.79. The molecule has 1 aliphatic heterocycles. The molecule has 0 atom stereocenters. The standard InChI is InChI=1S/C23H24N6/c1-4-20-22(24-3)29(23(27-20)21-7-5-6-12-26-21)19-10-8-18(9-11-19)17(2)28-15-13-25-14-16-28/h4-12,25H,1-3,13-16H2. The Hall–Kier alpha value is -3.51. The highest BCUT2D eigenvalue weighted by atomic mass is 15.2. The molecule has 0 bridgehead atoms. The van der Waals surface area contributed by atoms with Gasteiger partial charge < -0.3 is 10.2 Å². The number of benzene rings is 1. The van der Waals surface area contributed by atoms with E-state index in [-0.39, 0.29) is 0 Å². The summed E-state index contributed by atoms with van der Waals surface area (Å²) in [7, 11) is 0. The molecule has 0 spiro atoms. The van der Waals surface area contributed by atoms with Gasteiger partial charge in [-0.25, -0.2) is 9.98 Å². The van der Waals surface area contributed by atoms with Gasteiger partial charge in [0.25, 0.3) is 0 Å². The smallest absolute Gasteiger partial charge is 0.165 e. The first-order valence-corrected chi connectivity index (χ1v) is 9.61. The van der Waals surface area contributed by atoms with E-state index >= 15 is 0 Å². The third-order valence-corrected chi connectivity index (χ3v) is 5.07. The van der Waals surface area contributed by atoms with Crippen LogP contribution in [0.5, 0.6) is 0 Å².